The van der Waals surface area contributed by atoms with E-state index in [-0.39, 0.29) is 17.4 Å². The van der Waals surface area contributed by atoms with Crippen molar-refractivity contribution in [2.75, 3.05) is 33.9 Å². The molecular formula is C14H19ClFNO3. The topological polar surface area (TPSA) is 38.8 Å². The zero-order chi connectivity index (χ0) is 15.0. The van der Waals surface area contributed by atoms with Crippen LogP contribution in [0, 0.1) is 5.82 Å². The molecule has 0 radical (unpaired) electrons. The van der Waals surface area contributed by atoms with Crippen LogP contribution < -0.4 is 0 Å². The van der Waals surface area contributed by atoms with Crippen molar-refractivity contribution in [1.29, 1.82) is 0 Å². The molecule has 0 aliphatic carbocycles. The van der Waals surface area contributed by atoms with Gasteiger partial charge in [0.1, 0.15) is 5.82 Å². The molecule has 1 aromatic rings. The highest BCUT2D eigenvalue weighted by Crippen LogP contribution is 2.19. The van der Waals surface area contributed by atoms with Gasteiger partial charge in [0.25, 0.3) is 0 Å². The van der Waals surface area contributed by atoms with Crippen molar-refractivity contribution in [2.45, 2.75) is 13.0 Å². The summed E-state index contributed by atoms with van der Waals surface area (Å²) in [5.74, 6) is -0.714. The van der Waals surface area contributed by atoms with Crippen molar-refractivity contribution in [3.63, 3.8) is 0 Å². The number of halogens is 2. The first kappa shape index (κ1) is 16.9. The Labute approximate surface area is 123 Å². The molecule has 0 aromatic heterocycles. The van der Waals surface area contributed by atoms with Crippen molar-refractivity contribution in [1.82, 2.24) is 4.90 Å². The van der Waals surface area contributed by atoms with E-state index in [0.717, 1.165) is 0 Å². The molecule has 0 saturated heterocycles. The number of nitrogens with zero attached hydrogens (tertiary/aromatic N) is 1. The number of ether oxygens (including phenoxy) is 2. The summed E-state index contributed by atoms with van der Waals surface area (Å²) in [4.78, 5) is 13.1. The van der Waals surface area contributed by atoms with Crippen LogP contribution in [0.4, 0.5) is 4.39 Å². The van der Waals surface area contributed by atoms with Crippen molar-refractivity contribution < 1.29 is 18.7 Å². The maximum absolute atomic E-state index is 13.9. The number of esters is 1. The summed E-state index contributed by atoms with van der Waals surface area (Å²) < 4.78 is 23.5. The molecule has 0 aliphatic heterocycles. The maximum Gasteiger partial charge on any atom is 0.306 e. The molecule has 0 unspecified atom stereocenters. The van der Waals surface area contributed by atoms with Crippen LogP contribution in [0.1, 0.15) is 12.0 Å². The Kier molecular flexibility index (Phi) is 7.51. The molecule has 0 amide bonds. The summed E-state index contributed by atoms with van der Waals surface area (Å²) in [6, 6.07) is 4.89. The molecule has 0 atom stereocenters. The van der Waals surface area contributed by atoms with Crippen LogP contribution in [0.3, 0.4) is 0 Å². The quantitative estimate of drug-likeness (QED) is 0.692. The molecule has 0 heterocycles. The second-order valence-electron chi connectivity index (χ2n) is 4.31. The molecule has 0 saturated carbocycles. The lowest BCUT2D eigenvalue weighted by molar-refractivity contribution is -0.141. The largest absolute Gasteiger partial charge is 0.469 e. The molecule has 0 aliphatic rings. The number of carbonyl (C=O) groups is 1. The molecular weight excluding hydrogens is 285 g/mol. The van der Waals surface area contributed by atoms with E-state index in [9.17, 15) is 9.18 Å². The molecule has 6 heteroatoms. The molecule has 0 spiro atoms. The first-order valence-corrected chi connectivity index (χ1v) is 6.67. The second kappa shape index (κ2) is 8.89. The standard InChI is InChI=1S/C14H19ClFNO3/c1-19-9-8-17(7-6-13(18)20-2)10-11-4-3-5-12(15)14(11)16/h3-5H,6-10H2,1-2H3. The van der Waals surface area contributed by atoms with Gasteiger partial charge in [0.15, 0.2) is 0 Å². The Balaban J connectivity index is 2.67. The number of hydrogen-bond donors (Lipinski definition) is 0. The third-order valence-electron chi connectivity index (χ3n) is 2.90. The van der Waals surface area contributed by atoms with Gasteiger partial charge in [0.05, 0.1) is 25.2 Å². The zero-order valence-corrected chi connectivity index (χ0v) is 12.5. The number of methoxy groups -OCH3 is 2. The predicted molar refractivity (Wildman–Crippen MR) is 75.2 cm³/mol. The third kappa shape index (κ3) is 5.45. The van der Waals surface area contributed by atoms with E-state index in [1.165, 1.54) is 13.2 Å². The van der Waals surface area contributed by atoms with E-state index in [4.69, 9.17) is 16.3 Å². The SMILES string of the molecule is COCCN(CCC(=O)OC)Cc1cccc(Cl)c1F. The van der Waals surface area contributed by atoms with E-state index in [2.05, 4.69) is 4.74 Å². The lowest BCUT2D eigenvalue weighted by Crippen LogP contribution is -2.30. The van der Waals surface area contributed by atoms with E-state index >= 15 is 0 Å². The Morgan fingerprint density at radius 1 is 1.35 bits per heavy atom. The van der Waals surface area contributed by atoms with E-state index in [1.807, 2.05) is 4.90 Å². The molecule has 1 aromatic carbocycles. The molecule has 0 bridgehead atoms. The molecule has 0 fully saturated rings. The predicted octanol–water partition coefficient (Wildman–Crippen LogP) is 2.49. The van der Waals surface area contributed by atoms with Crippen molar-refractivity contribution in [2.24, 2.45) is 0 Å². The van der Waals surface area contributed by atoms with Crippen LogP contribution in [0.5, 0.6) is 0 Å². The average Bonchev–Trinajstić information content (AvgIpc) is 2.45. The summed E-state index contributed by atoms with van der Waals surface area (Å²) in [6.45, 7) is 1.94. The van der Waals surface area contributed by atoms with Gasteiger partial charge in [0, 0.05) is 32.3 Å². The Hall–Kier alpha value is -1.17. The van der Waals surface area contributed by atoms with Gasteiger partial charge in [-0.05, 0) is 6.07 Å². The molecule has 4 nitrogen and oxygen atoms in total. The van der Waals surface area contributed by atoms with Gasteiger partial charge in [-0.3, -0.25) is 9.69 Å². The van der Waals surface area contributed by atoms with Gasteiger partial charge >= 0.3 is 5.97 Å². The van der Waals surface area contributed by atoms with Gasteiger partial charge < -0.3 is 9.47 Å². The van der Waals surface area contributed by atoms with E-state index in [0.29, 0.717) is 31.8 Å². The third-order valence-corrected chi connectivity index (χ3v) is 3.19. The van der Waals surface area contributed by atoms with Gasteiger partial charge in [-0.2, -0.15) is 0 Å². The van der Waals surface area contributed by atoms with Gasteiger partial charge in [-0.15, -0.1) is 0 Å². The minimum atomic E-state index is -0.422. The van der Waals surface area contributed by atoms with Crippen molar-refractivity contribution >= 4 is 17.6 Å². The Bertz CT molecular complexity index is 442. The van der Waals surface area contributed by atoms with Crippen LogP contribution in [0.2, 0.25) is 5.02 Å². The fraction of sp³-hybridized carbons (Fsp3) is 0.500. The van der Waals surface area contributed by atoms with E-state index < -0.39 is 5.82 Å². The maximum atomic E-state index is 13.9. The van der Waals surface area contributed by atoms with Crippen LogP contribution in [0.25, 0.3) is 0 Å². The highest BCUT2D eigenvalue weighted by Gasteiger charge is 2.13. The molecule has 0 N–H and O–H groups in total. The lowest BCUT2D eigenvalue weighted by atomic mass is 10.2. The summed E-state index contributed by atoms with van der Waals surface area (Å²) >= 11 is 5.76. The normalized spacial score (nSPS) is 10.8. The Morgan fingerprint density at radius 2 is 2.10 bits per heavy atom. The highest BCUT2D eigenvalue weighted by atomic mass is 35.5. The average molecular weight is 304 g/mol. The molecule has 112 valence electrons. The van der Waals surface area contributed by atoms with Crippen LogP contribution in [-0.4, -0.2) is 44.8 Å². The smallest absolute Gasteiger partial charge is 0.306 e. The summed E-state index contributed by atoms with van der Waals surface area (Å²) in [5.41, 5.74) is 0.499. The minimum Gasteiger partial charge on any atom is -0.469 e. The van der Waals surface area contributed by atoms with Gasteiger partial charge in [-0.1, -0.05) is 23.7 Å². The zero-order valence-electron chi connectivity index (χ0n) is 11.7. The minimum absolute atomic E-state index is 0.0992. The van der Waals surface area contributed by atoms with Crippen molar-refractivity contribution in [3.05, 3.63) is 34.6 Å². The van der Waals surface area contributed by atoms with Crippen LogP contribution >= 0.6 is 11.6 Å². The monoisotopic (exact) mass is 303 g/mol. The molecule has 1 rings (SSSR count). The Morgan fingerprint density at radius 3 is 2.75 bits per heavy atom. The number of rotatable bonds is 8. The number of carbonyl (C=O) groups excluding carboxylic acids is 1. The fourth-order valence-electron chi connectivity index (χ4n) is 1.75. The first-order chi connectivity index (χ1) is 9.58. The fourth-order valence-corrected chi connectivity index (χ4v) is 1.95. The van der Waals surface area contributed by atoms with E-state index in [1.54, 1.807) is 19.2 Å². The lowest BCUT2D eigenvalue weighted by Gasteiger charge is -2.22. The summed E-state index contributed by atoms with van der Waals surface area (Å²) in [7, 11) is 2.94. The highest BCUT2D eigenvalue weighted by molar-refractivity contribution is 6.30. The number of benzene rings is 1. The molecule has 20 heavy (non-hydrogen) atoms. The van der Waals surface area contributed by atoms with Crippen LogP contribution in [-0.2, 0) is 20.8 Å². The number of hydrogen-bond acceptors (Lipinski definition) is 4. The summed E-state index contributed by atoms with van der Waals surface area (Å²) in [5, 5.41) is 0.0992. The van der Waals surface area contributed by atoms with Crippen LogP contribution in [0.15, 0.2) is 18.2 Å². The van der Waals surface area contributed by atoms with Gasteiger partial charge in [-0.25, -0.2) is 4.39 Å². The summed E-state index contributed by atoms with van der Waals surface area (Å²) in [6.07, 6.45) is 0.252. The van der Waals surface area contributed by atoms with Crippen molar-refractivity contribution in [3.8, 4) is 0 Å². The van der Waals surface area contributed by atoms with Gasteiger partial charge in [0.2, 0.25) is 0 Å². The second-order valence-corrected chi connectivity index (χ2v) is 4.72. The first-order valence-electron chi connectivity index (χ1n) is 6.29.